The Balaban J connectivity index is 2.24. The highest BCUT2D eigenvalue weighted by atomic mass is 16.5. The van der Waals surface area contributed by atoms with Crippen LogP contribution in [0.4, 0.5) is 0 Å². The molecule has 1 unspecified atom stereocenters. The summed E-state index contributed by atoms with van der Waals surface area (Å²) < 4.78 is 7.66. The highest BCUT2D eigenvalue weighted by molar-refractivity contribution is 5.33. The van der Waals surface area contributed by atoms with E-state index in [-0.39, 0.29) is 6.04 Å². The molecule has 0 aromatic carbocycles. The summed E-state index contributed by atoms with van der Waals surface area (Å²) in [5.41, 5.74) is 1.13. The maximum Gasteiger partial charge on any atom is 0.141 e. The van der Waals surface area contributed by atoms with Gasteiger partial charge >= 0.3 is 0 Å². The molecule has 0 fully saturated rings. The van der Waals surface area contributed by atoms with E-state index in [1.807, 2.05) is 18.5 Å². The number of pyridine rings is 1. The standard InChI is InChI=1S/C16H24N4O/c1-4-9-20-10-8-19-16(20)11-14(18-5-2)13-6-7-17-12-15(13)21-3/h6-8,10,12,14,18H,4-5,9,11H2,1-3H3. The van der Waals surface area contributed by atoms with E-state index in [4.69, 9.17) is 4.74 Å². The van der Waals surface area contributed by atoms with Gasteiger partial charge in [0, 0.05) is 43.2 Å². The summed E-state index contributed by atoms with van der Waals surface area (Å²) in [5, 5.41) is 3.52. The normalized spacial score (nSPS) is 12.3. The molecule has 114 valence electrons. The van der Waals surface area contributed by atoms with Crippen LogP contribution in [0, 0.1) is 0 Å². The Hall–Kier alpha value is -1.88. The first-order valence-electron chi connectivity index (χ1n) is 7.51. The second-order valence-electron chi connectivity index (χ2n) is 4.97. The van der Waals surface area contributed by atoms with Crippen molar-refractivity contribution in [3.05, 3.63) is 42.2 Å². The molecule has 0 amide bonds. The summed E-state index contributed by atoms with van der Waals surface area (Å²) in [6, 6.07) is 2.19. The van der Waals surface area contributed by atoms with Crippen molar-refractivity contribution < 1.29 is 4.74 Å². The number of rotatable bonds is 8. The fourth-order valence-electron chi connectivity index (χ4n) is 2.54. The van der Waals surface area contributed by atoms with Crippen molar-refractivity contribution in [2.24, 2.45) is 0 Å². The first-order chi connectivity index (χ1) is 10.3. The van der Waals surface area contributed by atoms with E-state index < -0.39 is 0 Å². The van der Waals surface area contributed by atoms with E-state index in [0.29, 0.717) is 0 Å². The van der Waals surface area contributed by atoms with Gasteiger partial charge in [0.25, 0.3) is 0 Å². The Labute approximate surface area is 126 Å². The van der Waals surface area contributed by atoms with Crippen LogP contribution in [0.15, 0.2) is 30.9 Å². The Morgan fingerprint density at radius 3 is 2.90 bits per heavy atom. The van der Waals surface area contributed by atoms with Crippen molar-refractivity contribution in [1.29, 1.82) is 0 Å². The second-order valence-corrected chi connectivity index (χ2v) is 4.97. The second kappa shape index (κ2) is 7.78. The number of imidazole rings is 1. The van der Waals surface area contributed by atoms with E-state index in [9.17, 15) is 0 Å². The minimum absolute atomic E-state index is 0.172. The van der Waals surface area contributed by atoms with Crippen LogP contribution in [0.1, 0.15) is 37.7 Å². The first kappa shape index (κ1) is 15.5. The molecular weight excluding hydrogens is 264 g/mol. The number of hydrogen-bond donors (Lipinski definition) is 1. The van der Waals surface area contributed by atoms with Gasteiger partial charge in [-0.25, -0.2) is 4.98 Å². The van der Waals surface area contributed by atoms with Crippen LogP contribution in [0.25, 0.3) is 0 Å². The topological polar surface area (TPSA) is 52.0 Å². The average molecular weight is 288 g/mol. The SMILES string of the molecule is CCCn1ccnc1CC(NCC)c1ccncc1OC. The van der Waals surface area contributed by atoms with Crippen LogP contribution >= 0.6 is 0 Å². The lowest BCUT2D eigenvalue weighted by atomic mass is 10.0. The molecule has 0 radical (unpaired) electrons. The van der Waals surface area contributed by atoms with Crippen molar-refractivity contribution in [2.45, 2.75) is 39.3 Å². The van der Waals surface area contributed by atoms with Crippen molar-refractivity contribution in [3.63, 3.8) is 0 Å². The van der Waals surface area contributed by atoms with Gasteiger partial charge < -0.3 is 14.6 Å². The van der Waals surface area contributed by atoms with Crippen molar-refractivity contribution >= 4 is 0 Å². The van der Waals surface area contributed by atoms with Gasteiger partial charge in [0.1, 0.15) is 11.6 Å². The monoisotopic (exact) mass is 288 g/mol. The Morgan fingerprint density at radius 1 is 1.33 bits per heavy atom. The molecule has 0 bridgehead atoms. The van der Waals surface area contributed by atoms with E-state index in [2.05, 4.69) is 33.7 Å². The van der Waals surface area contributed by atoms with Crippen LogP contribution in [-0.2, 0) is 13.0 Å². The molecule has 0 aliphatic carbocycles. The van der Waals surface area contributed by atoms with Gasteiger partial charge in [0.2, 0.25) is 0 Å². The van der Waals surface area contributed by atoms with Gasteiger partial charge in [-0.3, -0.25) is 4.98 Å². The lowest BCUT2D eigenvalue weighted by molar-refractivity contribution is 0.395. The maximum atomic E-state index is 5.44. The van der Waals surface area contributed by atoms with E-state index in [0.717, 1.165) is 43.1 Å². The Morgan fingerprint density at radius 2 is 2.19 bits per heavy atom. The smallest absolute Gasteiger partial charge is 0.141 e. The summed E-state index contributed by atoms with van der Waals surface area (Å²) in [4.78, 5) is 8.63. The molecule has 2 heterocycles. The predicted octanol–water partition coefficient (Wildman–Crippen LogP) is 2.59. The number of nitrogens with one attached hydrogen (secondary N) is 1. The van der Waals surface area contributed by atoms with Gasteiger partial charge in [0.15, 0.2) is 0 Å². The number of methoxy groups -OCH3 is 1. The number of aromatic nitrogens is 3. The Bertz CT molecular complexity index is 553. The lowest BCUT2D eigenvalue weighted by Gasteiger charge is -2.20. The molecule has 0 saturated heterocycles. The van der Waals surface area contributed by atoms with Crippen LogP contribution in [0.5, 0.6) is 5.75 Å². The molecule has 0 saturated carbocycles. The third kappa shape index (κ3) is 3.82. The van der Waals surface area contributed by atoms with Crippen molar-refractivity contribution in [3.8, 4) is 5.75 Å². The molecule has 1 atom stereocenters. The molecule has 0 aliphatic rings. The molecule has 5 heteroatoms. The largest absolute Gasteiger partial charge is 0.495 e. The third-order valence-electron chi connectivity index (χ3n) is 3.52. The summed E-state index contributed by atoms with van der Waals surface area (Å²) in [7, 11) is 1.68. The quantitative estimate of drug-likeness (QED) is 0.811. The Kier molecular flexibility index (Phi) is 5.75. The zero-order chi connectivity index (χ0) is 15.1. The van der Waals surface area contributed by atoms with Crippen LogP contribution in [0.2, 0.25) is 0 Å². The number of nitrogens with zero attached hydrogens (tertiary/aromatic N) is 3. The molecule has 21 heavy (non-hydrogen) atoms. The van der Waals surface area contributed by atoms with Crippen LogP contribution < -0.4 is 10.1 Å². The molecular formula is C16H24N4O. The van der Waals surface area contributed by atoms with Gasteiger partial charge in [-0.1, -0.05) is 13.8 Å². The van der Waals surface area contributed by atoms with Crippen LogP contribution in [-0.4, -0.2) is 28.2 Å². The highest BCUT2D eigenvalue weighted by Crippen LogP contribution is 2.26. The maximum absolute atomic E-state index is 5.44. The summed E-state index contributed by atoms with van der Waals surface area (Å²) in [6.07, 6.45) is 9.43. The third-order valence-corrected chi connectivity index (χ3v) is 3.52. The molecule has 2 rings (SSSR count). The van der Waals surface area contributed by atoms with E-state index >= 15 is 0 Å². The summed E-state index contributed by atoms with van der Waals surface area (Å²) in [5.74, 6) is 1.92. The van der Waals surface area contributed by atoms with Gasteiger partial charge in [-0.05, 0) is 19.0 Å². The number of ether oxygens (including phenoxy) is 1. The summed E-state index contributed by atoms with van der Waals surface area (Å²) in [6.45, 7) is 6.18. The van der Waals surface area contributed by atoms with E-state index in [1.54, 1.807) is 19.5 Å². The van der Waals surface area contributed by atoms with Crippen molar-refractivity contribution in [2.75, 3.05) is 13.7 Å². The first-order valence-corrected chi connectivity index (χ1v) is 7.51. The minimum Gasteiger partial charge on any atom is -0.495 e. The average Bonchev–Trinajstić information content (AvgIpc) is 2.94. The summed E-state index contributed by atoms with van der Waals surface area (Å²) >= 11 is 0. The highest BCUT2D eigenvalue weighted by Gasteiger charge is 2.18. The molecule has 5 nitrogen and oxygen atoms in total. The van der Waals surface area contributed by atoms with E-state index in [1.165, 1.54) is 0 Å². The molecule has 0 spiro atoms. The van der Waals surface area contributed by atoms with Gasteiger partial charge in [-0.2, -0.15) is 0 Å². The predicted molar refractivity (Wildman–Crippen MR) is 83.4 cm³/mol. The molecule has 1 N–H and O–H groups in total. The fraction of sp³-hybridized carbons (Fsp3) is 0.500. The van der Waals surface area contributed by atoms with Gasteiger partial charge in [-0.15, -0.1) is 0 Å². The van der Waals surface area contributed by atoms with Crippen molar-refractivity contribution in [1.82, 2.24) is 19.9 Å². The molecule has 0 aliphatic heterocycles. The lowest BCUT2D eigenvalue weighted by Crippen LogP contribution is -2.25. The number of hydrogen-bond acceptors (Lipinski definition) is 4. The van der Waals surface area contributed by atoms with Gasteiger partial charge in [0.05, 0.1) is 13.3 Å². The molecule has 2 aromatic heterocycles. The minimum atomic E-state index is 0.172. The zero-order valence-corrected chi connectivity index (χ0v) is 13.0. The number of likely N-dealkylation sites (N-methyl/N-ethyl adjacent to an activating group) is 1. The zero-order valence-electron chi connectivity index (χ0n) is 13.0. The fourth-order valence-corrected chi connectivity index (χ4v) is 2.54. The number of aryl methyl sites for hydroxylation is 1. The molecule has 2 aromatic rings. The van der Waals surface area contributed by atoms with Crippen LogP contribution in [0.3, 0.4) is 0 Å².